The quantitative estimate of drug-likeness (QED) is 0.854. The van der Waals surface area contributed by atoms with Gasteiger partial charge < -0.3 is 15.2 Å². The largest absolute Gasteiger partial charge is 0.504 e. The summed E-state index contributed by atoms with van der Waals surface area (Å²) in [5.41, 5.74) is 0.761. The summed E-state index contributed by atoms with van der Waals surface area (Å²) in [6.07, 6.45) is 0. The van der Waals surface area contributed by atoms with Gasteiger partial charge in [0.1, 0.15) is 0 Å². The van der Waals surface area contributed by atoms with Gasteiger partial charge in [-0.15, -0.1) is 0 Å². The van der Waals surface area contributed by atoms with Crippen LogP contribution >= 0.6 is 11.6 Å². The van der Waals surface area contributed by atoms with E-state index in [1.165, 1.54) is 7.11 Å². The first kappa shape index (κ1) is 13.1. The number of benzene rings is 1. The number of halogens is 1. The Balaban J connectivity index is 3.20. The smallest absolute Gasteiger partial charge is 0.161 e. The molecule has 0 aromatic heterocycles. The molecule has 0 saturated carbocycles. The normalized spacial score (nSPS) is 11.6. The van der Waals surface area contributed by atoms with Crippen LogP contribution in [0.4, 0.5) is 0 Å². The third-order valence-corrected chi connectivity index (χ3v) is 2.93. The number of phenolic OH excluding ortho intramolecular Hbond substituents is 1. The molecule has 0 spiro atoms. The number of nitrogens with one attached hydrogen (secondary N) is 1. The van der Waals surface area contributed by atoms with E-state index in [4.69, 9.17) is 16.3 Å². The highest BCUT2D eigenvalue weighted by molar-refractivity contribution is 6.31. The highest BCUT2D eigenvalue weighted by Gasteiger charge is 2.24. The van der Waals surface area contributed by atoms with Gasteiger partial charge in [0.2, 0.25) is 0 Å². The number of phenols is 1. The number of hydrogen-bond acceptors (Lipinski definition) is 3. The van der Waals surface area contributed by atoms with Gasteiger partial charge >= 0.3 is 0 Å². The van der Waals surface area contributed by atoms with Crippen molar-refractivity contribution in [3.63, 3.8) is 0 Å². The molecule has 0 aliphatic carbocycles. The molecule has 1 aromatic rings. The average molecular weight is 244 g/mol. The van der Waals surface area contributed by atoms with Crippen molar-refractivity contribution >= 4 is 11.6 Å². The molecule has 0 fully saturated rings. The lowest BCUT2D eigenvalue weighted by Gasteiger charge is -2.26. The van der Waals surface area contributed by atoms with Crippen LogP contribution in [0.5, 0.6) is 11.5 Å². The molecule has 0 bridgehead atoms. The summed E-state index contributed by atoms with van der Waals surface area (Å²) in [6.45, 7) is 4.91. The Labute approximate surface area is 101 Å². The van der Waals surface area contributed by atoms with E-state index in [0.717, 1.165) is 12.1 Å². The number of hydrogen-bond donors (Lipinski definition) is 2. The lowest BCUT2D eigenvalue weighted by molar-refractivity contribution is 0.371. The molecule has 90 valence electrons. The molecule has 4 heteroatoms. The minimum atomic E-state index is -0.143. The van der Waals surface area contributed by atoms with Gasteiger partial charge in [0.25, 0.3) is 0 Å². The first-order chi connectivity index (χ1) is 7.42. The lowest BCUT2D eigenvalue weighted by Crippen LogP contribution is -2.30. The average Bonchev–Trinajstić information content (AvgIpc) is 2.20. The standard InChI is InChI=1S/C12H18ClNO2/c1-12(2,7-14-3)8-5-10(15)11(16-4)6-9(8)13/h5-6,14-15H,7H2,1-4H3. The van der Waals surface area contributed by atoms with E-state index >= 15 is 0 Å². The zero-order valence-corrected chi connectivity index (χ0v) is 10.9. The Morgan fingerprint density at radius 2 is 2.06 bits per heavy atom. The molecule has 1 aromatic carbocycles. The summed E-state index contributed by atoms with van der Waals surface area (Å²) in [4.78, 5) is 0. The molecule has 1 rings (SSSR count). The SMILES string of the molecule is CNCC(C)(C)c1cc(O)c(OC)cc1Cl. The van der Waals surface area contributed by atoms with E-state index < -0.39 is 0 Å². The van der Waals surface area contributed by atoms with Crippen LogP contribution in [0.3, 0.4) is 0 Å². The van der Waals surface area contributed by atoms with E-state index in [-0.39, 0.29) is 11.2 Å². The van der Waals surface area contributed by atoms with Gasteiger partial charge in [-0.1, -0.05) is 25.4 Å². The number of ether oxygens (including phenoxy) is 1. The minimum absolute atomic E-state index is 0.117. The van der Waals surface area contributed by atoms with Gasteiger partial charge in [-0.25, -0.2) is 0 Å². The molecule has 2 N–H and O–H groups in total. The van der Waals surface area contributed by atoms with Crippen molar-refractivity contribution in [3.8, 4) is 11.5 Å². The highest BCUT2D eigenvalue weighted by Crippen LogP contribution is 2.37. The Hall–Kier alpha value is -0.930. The van der Waals surface area contributed by atoms with Crippen molar-refractivity contribution in [2.75, 3.05) is 20.7 Å². The highest BCUT2D eigenvalue weighted by atomic mass is 35.5. The fraction of sp³-hybridized carbons (Fsp3) is 0.500. The third-order valence-electron chi connectivity index (χ3n) is 2.62. The topological polar surface area (TPSA) is 41.5 Å². The molecule has 16 heavy (non-hydrogen) atoms. The second kappa shape index (κ2) is 4.93. The van der Waals surface area contributed by atoms with Crippen molar-refractivity contribution in [3.05, 3.63) is 22.7 Å². The number of rotatable bonds is 4. The molecule has 0 unspecified atom stereocenters. The van der Waals surface area contributed by atoms with Crippen LogP contribution in [-0.4, -0.2) is 25.8 Å². The summed E-state index contributed by atoms with van der Waals surface area (Å²) < 4.78 is 5.00. The molecule has 0 aliphatic heterocycles. The third kappa shape index (κ3) is 2.60. The van der Waals surface area contributed by atoms with Gasteiger partial charge in [0.15, 0.2) is 11.5 Å². The van der Waals surface area contributed by atoms with Crippen molar-refractivity contribution < 1.29 is 9.84 Å². The summed E-state index contributed by atoms with van der Waals surface area (Å²) in [5.74, 6) is 0.514. The fourth-order valence-corrected chi connectivity index (χ4v) is 2.17. The summed E-state index contributed by atoms with van der Waals surface area (Å²) >= 11 is 6.18. The van der Waals surface area contributed by atoms with Crippen molar-refractivity contribution in [2.45, 2.75) is 19.3 Å². The van der Waals surface area contributed by atoms with Crippen LogP contribution in [0.25, 0.3) is 0 Å². The van der Waals surface area contributed by atoms with Crippen LogP contribution < -0.4 is 10.1 Å². The second-order valence-electron chi connectivity index (χ2n) is 4.42. The zero-order chi connectivity index (χ0) is 12.3. The summed E-state index contributed by atoms with van der Waals surface area (Å²) in [5, 5.41) is 13.5. The monoisotopic (exact) mass is 243 g/mol. The Bertz CT molecular complexity index is 378. The first-order valence-corrected chi connectivity index (χ1v) is 5.51. The minimum Gasteiger partial charge on any atom is -0.504 e. The fourth-order valence-electron chi connectivity index (χ4n) is 1.76. The Morgan fingerprint density at radius 1 is 1.44 bits per heavy atom. The number of likely N-dealkylation sites (N-methyl/N-ethyl adjacent to an activating group) is 1. The maximum atomic E-state index is 9.74. The molecule has 0 saturated heterocycles. The molecule has 0 heterocycles. The van der Waals surface area contributed by atoms with E-state index in [0.29, 0.717) is 10.8 Å². The van der Waals surface area contributed by atoms with Gasteiger partial charge in [0.05, 0.1) is 7.11 Å². The van der Waals surface area contributed by atoms with E-state index in [1.54, 1.807) is 12.1 Å². The van der Waals surface area contributed by atoms with Crippen molar-refractivity contribution in [1.29, 1.82) is 0 Å². The van der Waals surface area contributed by atoms with Crippen LogP contribution in [0.2, 0.25) is 5.02 Å². The van der Waals surface area contributed by atoms with Gasteiger partial charge in [-0.2, -0.15) is 0 Å². The Morgan fingerprint density at radius 3 is 2.56 bits per heavy atom. The molecule has 0 radical (unpaired) electrons. The van der Waals surface area contributed by atoms with Crippen molar-refractivity contribution in [1.82, 2.24) is 5.32 Å². The van der Waals surface area contributed by atoms with E-state index in [9.17, 15) is 5.11 Å². The predicted octanol–water partition coefficient (Wildman–Crippen LogP) is 2.55. The number of methoxy groups -OCH3 is 1. The molecular formula is C12H18ClNO2. The molecule has 0 amide bonds. The maximum absolute atomic E-state index is 9.74. The van der Waals surface area contributed by atoms with Crippen LogP contribution in [-0.2, 0) is 5.41 Å². The van der Waals surface area contributed by atoms with Gasteiger partial charge in [-0.3, -0.25) is 0 Å². The molecular weight excluding hydrogens is 226 g/mol. The maximum Gasteiger partial charge on any atom is 0.161 e. The van der Waals surface area contributed by atoms with Crippen LogP contribution in [0.15, 0.2) is 12.1 Å². The molecule has 3 nitrogen and oxygen atoms in total. The van der Waals surface area contributed by atoms with E-state index in [2.05, 4.69) is 19.2 Å². The van der Waals surface area contributed by atoms with E-state index in [1.807, 2.05) is 7.05 Å². The van der Waals surface area contributed by atoms with Crippen LogP contribution in [0.1, 0.15) is 19.4 Å². The molecule has 0 atom stereocenters. The number of aromatic hydroxyl groups is 1. The lowest BCUT2D eigenvalue weighted by atomic mass is 9.84. The Kier molecular flexibility index (Phi) is 4.05. The van der Waals surface area contributed by atoms with Gasteiger partial charge in [-0.05, 0) is 18.7 Å². The predicted molar refractivity (Wildman–Crippen MR) is 66.6 cm³/mol. The zero-order valence-electron chi connectivity index (χ0n) is 10.1. The molecule has 0 aliphatic rings. The van der Waals surface area contributed by atoms with Crippen LogP contribution in [0, 0.1) is 0 Å². The summed E-state index contributed by atoms with van der Waals surface area (Å²) in [6, 6.07) is 3.31. The van der Waals surface area contributed by atoms with Gasteiger partial charge in [0, 0.05) is 23.0 Å². The van der Waals surface area contributed by atoms with Crippen molar-refractivity contribution in [2.24, 2.45) is 0 Å². The second-order valence-corrected chi connectivity index (χ2v) is 4.83. The summed E-state index contributed by atoms with van der Waals surface area (Å²) in [7, 11) is 3.39. The first-order valence-electron chi connectivity index (χ1n) is 5.14.